The molecule has 66 valence electrons. The fourth-order valence-electron chi connectivity index (χ4n) is 1.38. The third kappa shape index (κ3) is 1.59. The lowest BCUT2D eigenvalue weighted by Crippen LogP contribution is -2.38. The van der Waals surface area contributed by atoms with Crippen LogP contribution in [0.15, 0.2) is 0 Å². The van der Waals surface area contributed by atoms with Gasteiger partial charge in [0.25, 0.3) is 6.85 Å². The van der Waals surface area contributed by atoms with E-state index in [1.54, 1.807) is 0 Å². The Morgan fingerprint density at radius 1 is 1.27 bits per heavy atom. The number of rotatable bonds is 2. The van der Waals surface area contributed by atoms with Crippen LogP contribution in [-0.4, -0.2) is 48.6 Å². The monoisotopic (exact) mass is 173 g/mol. The lowest BCUT2D eigenvalue weighted by atomic mass is 9.63. The molecule has 0 aromatic rings. The molecule has 1 saturated heterocycles. The van der Waals surface area contributed by atoms with Gasteiger partial charge in [0, 0.05) is 0 Å². The Hall–Kier alpha value is 0.375. The fourth-order valence-corrected chi connectivity index (χ4v) is 2.46. The summed E-state index contributed by atoms with van der Waals surface area (Å²) in [7, 11) is 1.81. The SMILES string of the molecule is CN1CB1C(C)(C)S(C)(C)C. The topological polar surface area (TPSA) is 3.01 Å². The quantitative estimate of drug-likeness (QED) is 0.451. The van der Waals surface area contributed by atoms with Crippen LogP contribution in [0, 0.1) is 0 Å². The molecule has 1 unspecified atom stereocenters. The molecule has 11 heavy (non-hydrogen) atoms. The zero-order valence-corrected chi connectivity index (χ0v) is 9.46. The first-order valence-electron chi connectivity index (χ1n) is 4.15. The predicted octanol–water partition coefficient (Wildman–Crippen LogP) is 1.47. The van der Waals surface area contributed by atoms with Gasteiger partial charge in [-0.25, -0.2) is 10.0 Å². The molecule has 1 rings (SSSR count). The van der Waals surface area contributed by atoms with Crippen LogP contribution >= 0.6 is 10.0 Å². The maximum Gasteiger partial charge on any atom is 0.250 e. The van der Waals surface area contributed by atoms with Crippen molar-refractivity contribution in [3.8, 4) is 0 Å². The van der Waals surface area contributed by atoms with Crippen molar-refractivity contribution in [2.75, 3.05) is 32.3 Å². The highest BCUT2D eigenvalue weighted by Gasteiger charge is 2.51. The van der Waals surface area contributed by atoms with E-state index in [4.69, 9.17) is 0 Å². The molecule has 0 aromatic heterocycles. The number of hydrogen-bond acceptors (Lipinski definition) is 1. The summed E-state index contributed by atoms with van der Waals surface area (Å²) in [6.45, 7) is 5.67. The van der Waals surface area contributed by atoms with Gasteiger partial charge in [-0.3, -0.25) is 0 Å². The minimum absolute atomic E-state index is 0.414. The molecule has 1 aliphatic heterocycles. The highest BCUT2D eigenvalue weighted by Crippen LogP contribution is 2.53. The molecule has 0 N–H and O–H groups in total. The van der Waals surface area contributed by atoms with E-state index in [1.807, 2.05) is 0 Å². The average molecular weight is 173 g/mol. The minimum Gasteiger partial charge on any atom is -0.348 e. The molecule has 1 heterocycles. The lowest BCUT2D eigenvalue weighted by molar-refractivity contribution is 0.754. The van der Waals surface area contributed by atoms with E-state index in [2.05, 4.69) is 44.5 Å². The summed E-state index contributed by atoms with van der Waals surface area (Å²) in [5.74, 6) is 0. The molecular weight excluding hydrogens is 153 g/mol. The van der Waals surface area contributed by atoms with Crippen LogP contribution in [0.25, 0.3) is 0 Å². The first kappa shape index (κ1) is 9.46. The van der Waals surface area contributed by atoms with Gasteiger partial charge < -0.3 is 4.81 Å². The van der Waals surface area contributed by atoms with Crippen LogP contribution in [-0.2, 0) is 0 Å². The Kier molecular flexibility index (Phi) is 2.09. The van der Waals surface area contributed by atoms with E-state index in [1.165, 1.54) is 6.44 Å². The summed E-state index contributed by atoms with van der Waals surface area (Å²) in [5.41, 5.74) is 0. The second-order valence-corrected chi connectivity index (χ2v) is 9.62. The maximum atomic E-state index is 2.44. The van der Waals surface area contributed by atoms with Gasteiger partial charge >= 0.3 is 0 Å². The standard InChI is InChI=1S/C8H20BNS/c1-8(2,11(4,5)6)9-7-10(9)3/h7H2,1-6H3. The molecule has 1 aliphatic rings. The van der Waals surface area contributed by atoms with Gasteiger partial charge in [0.15, 0.2) is 0 Å². The van der Waals surface area contributed by atoms with E-state index >= 15 is 0 Å². The first-order valence-corrected chi connectivity index (χ1v) is 7.01. The highest BCUT2D eigenvalue weighted by molar-refractivity contribution is 8.34. The first-order chi connectivity index (χ1) is 4.77. The number of nitrogens with zero attached hydrogens (tertiary/aromatic N) is 1. The molecule has 0 aromatic carbocycles. The second-order valence-electron chi connectivity index (χ2n) is 4.90. The Morgan fingerprint density at radius 2 is 1.64 bits per heavy atom. The molecule has 0 amide bonds. The van der Waals surface area contributed by atoms with Crippen molar-refractivity contribution in [3.63, 3.8) is 0 Å². The lowest BCUT2D eigenvalue weighted by Gasteiger charge is -2.43. The van der Waals surface area contributed by atoms with E-state index in [9.17, 15) is 0 Å². The van der Waals surface area contributed by atoms with Crippen LogP contribution < -0.4 is 0 Å². The van der Waals surface area contributed by atoms with Crippen molar-refractivity contribution in [2.24, 2.45) is 0 Å². The highest BCUT2D eigenvalue weighted by atomic mass is 32.3. The van der Waals surface area contributed by atoms with Crippen LogP contribution in [0.1, 0.15) is 13.8 Å². The molecular formula is C8H20BNS. The maximum absolute atomic E-state index is 2.44. The second kappa shape index (κ2) is 2.43. The van der Waals surface area contributed by atoms with Gasteiger partial charge in [-0.15, -0.1) is 0 Å². The summed E-state index contributed by atoms with van der Waals surface area (Å²) >= 11 is 0. The van der Waals surface area contributed by atoms with Crippen molar-refractivity contribution in [3.05, 3.63) is 0 Å². The zero-order valence-electron chi connectivity index (χ0n) is 8.64. The molecule has 1 nitrogen and oxygen atoms in total. The molecule has 0 bridgehead atoms. The smallest absolute Gasteiger partial charge is 0.250 e. The Bertz CT molecular complexity index is 162. The van der Waals surface area contributed by atoms with Crippen molar-refractivity contribution in [1.82, 2.24) is 4.81 Å². The van der Waals surface area contributed by atoms with Gasteiger partial charge in [-0.2, -0.15) is 0 Å². The van der Waals surface area contributed by atoms with Crippen LogP contribution in [0.2, 0.25) is 0 Å². The molecule has 0 spiro atoms. The Morgan fingerprint density at radius 3 is 1.73 bits per heavy atom. The Balaban J connectivity index is 2.67. The summed E-state index contributed by atoms with van der Waals surface area (Å²) in [6.07, 6.45) is 8.55. The predicted molar refractivity (Wildman–Crippen MR) is 57.8 cm³/mol. The largest absolute Gasteiger partial charge is 0.348 e. The minimum atomic E-state index is -0.414. The molecule has 0 radical (unpaired) electrons. The van der Waals surface area contributed by atoms with Gasteiger partial charge in [-0.05, 0) is 36.9 Å². The van der Waals surface area contributed by atoms with Crippen molar-refractivity contribution < 1.29 is 0 Å². The molecule has 0 aliphatic carbocycles. The van der Waals surface area contributed by atoms with E-state index < -0.39 is 10.0 Å². The van der Waals surface area contributed by atoms with E-state index in [-0.39, 0.29) is 0 Å². The molecule has 1 atom stereocenters. The molecule has 1 fully saturated rings. The van der Waals surface area contributed by atoms with Crippen molar-refractivity contribution >= 4 is 16.9 Å². The molecule has 0 saturated carbocycles. The summed E-state index contributed by atoms with van der Waals surface area (Å²) in [5, 5.41) is 0. The summed E-state index contributed by atoms with van der Waals surface area (Å²) < 4.78 is 0.530. The normalized spacial score (nSPS) is 27.1. The van der Waals surface area contributed by atoms with Gasteiger partial charge in [0.2, 0.25) is 0 Å². The summed E-state index contributed by atoms with van der Waals surface area (Å²) in [4.78, 5) is 2.44. The van der Waals surface area contributed by atoms with Crippen LogP contribution in [0.3, 0.4) is 0 Å². The van der Waals surface area contributed by atoms with Crippen molar-refractivity contribution in [1.29, 1.82) is 0 Å². The van der Waals surface area contributed by atoms with Crippen LogP contribution in [0.5, 0.6) is 0 Å². The summed E-state index contributed by atoms with van der Waals surface area (Å²) in [6, 6.07) is 0. The van der Waals surface area contributed by atoms with Gasteiger partial charge in [0.05, 0.1) is 0 Å². The van der Waals surface area contributed by atoms with Crippen LogP contribution in [0.4, 0.5) is 0 Å². The third-order valence-corrected chi connectivity index (χ3v) is 6.67. The Labute approximate surface area is 73.0 Å². The van der Waals surface area contributed by atoms with Gasteiger partial charge in [-0.1, -0.05) is 13.8 Å². The van der Waals surface area contributed by atoms with E-state index in [0.29, 0.717) is 4.65 Å². The number of hydrogen-bond donors (Lipinski definition) is 0. The molecule has 3 heteroatoms. The third-order valence-electron chi connectivity index (χ3n) is 3.24. The zero-order chi connectivity index (χ0) is 8.86. The van der Waals surface area contributed by atoms with E-state index in [0.717, 1.165) is 6.85 Å². The fraction of sp³-hybridized carbons (Fsp3) is 1.00. The van der Waals surface area contributed by atoms with Crippen molar-refractivity contribution in [2.45, 2.75) is 18.5 Å². The average Bonchev–Trinajstić information content (AvgIpc) is 2.43. The van der Waals surface area contributed by atoms with Gasteiger partial charge in [0.1, 0.15) is 0 Å².